The lowest BCUT2D eigenvalue weighted by atomic mass is 10.0. The first-order valence-electron chi connectivity index (χ1n) is 11.2. The van der Waals surface area contributed by atoms with Gasteiger partial charge < -0.3 is 9.64 Å². The predicted octanol–water partition coefficient (Wildman–Crippen LogP) is 2.13. The lowest BCUT2D eigenvalue weighted by molar-refractivity contribution is -0.136. The van der Waals surface area contributed by atoms with E-state index in [1.54, 1.807) is 16.2 Å². The van der Waals surface area contributed by atoms with Gasteiger partial charge in [0.05, 0.1) is 18.8 Å². The van der Waals surface area contributed by atoms with Gasteiger partial charge in [-0.15, -0.1) is 11.3 Å². The summed E-state index contributed by atoms with van der Waals surface area (Å²) in [5.74, 6) is -0.713. The van der Waals surface area contributed by atoms with Crippen molar-refractivity contribution in [2.75, 3.05) is 26.3 Å². The van der Waals surface area contributed by atoms with Crippen LogP contribution >= 0.6 is 11.3 Å². The van der Waals surface area contributed by atoms with Crippen LogP contribution in [-0.2, 0) is 40.3 Å². The Kier molecular flexibility index (Phi) is 6.08. The van der Waals surface area contributed by atoms with E-state index < -0.39 is 6.04 Å². The quantitative estimate of drug-likeness (QED) is 0.678. The number of imide groups is 1. The molecule has 0 spiro atoms. The highest BCUT2D eigenvalue weighted by atomic mass is 32.1. The number of morpholine rings is 1. The summed E-state index contributed by atoms with van der Waals surface area (Å²) in [6.45, 7) is 5.01. The molecule has 1 atom stereocenters. The summed E-state index contributed by atoms with van der Waals surface area (Å²) in [6, 6.07) is 8.26. The van der Waals surface area contributed by atoms with Gasteiger partial charge in [0.25, 0.3) is 5.91 Å². The highest BCUT2D eigenvalue weighted by molar-refractivity contribution is 7.10. The Morgan fingerprint density at radius 1 is 1.03 bits per heavy atom. The number of amides is 3. The molecule has 0 aliphatic carbocycles. The van der Waals surface area contributed by atoms with Crippen molar-refractivity contribution in [2.24, 2.45) is 0 Å². The van der Waals surface area contributed by atoms with Crippen LogP contribution < -0.4 is 5.32 Å². The smallest absolute Gasteiger partial charge is 0.256 e. The minimum absolute atomic E-state index is 0.0931. The molecule has 5 rings (SSSR count). The minimum Gasteiger partial charge on any atom is -0.379 e. The summed E-state index contributed by atoms with van der Waals surface area (Å²) in [6.07, 6.45) is 2.47. The Balaban J connectivity index is 1.19. The van der Waals surface area contributed by atoms with Crippen LogP contribution in [0.15, 0.2) is 29.6 Å². The van der Waals surface area contributed by atoms with Gasteiger partial charge in [0.1, 0.15) is 6.04 Å². The van der Waals surface area contributed by atoms with Crippen LogP contribution in [-0.4, -0.2) is 59.9 Å². The number of nitrogens with one attached hydrogen (secondary N) is 1. The van der Waals surface area contributed by atoms with Crippen LogP contribution in [0.3, 0.4) is 0 Å². The zero-order valence-electron chi connectivity index (χ0n) is 18.0. The number of rotatable bonds is 6. The number of fused-ring (bicyclic) bond motifs is 1. The van der Waals surface area contributed by atoms with Crippen LogP contribution in [0, 0.1) is 0 Å². The van der Waals surface area contributed by atoms with Crippen molar-refractivity contribution < 1.29 is 19.1 Å². The maximum Gasteiger partial charge on any atom is 0.256 e. The SMILES string of the molecule is O=C1CC[C@H](N2Cc3c(csc3CCc3ccc(CN4CCOCC4)cc3)C2=O)C(=O)N1. The van der Waals surface area contributed by atoms with Crippen molar-refractivity contribution in [3.05, 3.63) is 56.8 Å². The lowest BCUT2D eigenvalue weighted by Gasteiger charge is -2.29. The van der Waals surface area contributed by atoms with Crippen LogP contribution in [0.25, 0.3) is 0 Å². The van der Waals surface area contributed by atoms with Gasteiger partial charge in [-0.3, -0.25) is 24.6 Å². The van der Waals surface area contributed by atoms with Gasteiger partial charge in [-0.05, 0) is 36.0 Å². The first-order chi connectivity index (χ1) is 15.6. The molecule has 8 heteroatoms. The first-order valence-corrected chi connectivity index (χ1v) is 12.1. The Bertz CT molecular complexity index is 1030. The van der Waals surface area contributed by atoms with Crippen LogP contribution in [0.1, 0.15) is 44.8 Å². The number of aryl methyl sites for hydroxylation is 2. The second kappa shape index (κ2) is 9.13. The van der Waals surface area contributed by atoms with Gasteiger partial charge in [-0.2, -0.15) is 0 Å². The van der Waals surface area contributed by atoms with Gasteiger partial charge in [0.2, 0.25) is 11.8 Å². The second-order valence-electron chi connectivity index (χ2n) is 8.66. The maximum absolute atomic E-state index is 12.9. The maximum atomic E-state index is 12.9. The molecule has 2 saturated heterocycles. The van der Waals surface area contributed by atoms with E-state index in [0.717, 1.165) is 56.8 Å². The van der Waals surface area contributed by atoms with E-state index in [-0.39, 0.29) is 24.1 Å². The molecule has 1 aromatic carbocycles. The summed E-state index contributed by atoms with van der Waals surface area (Å²) >= 11 is 1.63. The fourth-order valence-corrected chi connectivity index (χ4v) is 5.74. The van der Waals surface area contributed by atoms with E-state index in [4.69, 9.17) is 4.74 Å². The fraction of sp³-hybridized carbons (Fsp3) is 0.458. The normalized spacial score (nSPS) is 21.7. The predicted molar refractivity (Wildman–Crippen MR) is 120 cm³/mol. The summed E-state index contributed by atoms with van der Waals surface area (Å²) < 4.78 is 5.41. The Hall–Kier alpha value is -2.55. The molecule has 4 heterocycles. The van der Waals surface area contributed by atoms with Crippen LogP contribution in [0.4, 0.5) is 0 Å². The molecule has 32 heavy (non-hydrogen) atoms. The van der Waals surface area contributed by atoms with Gasteiger partial charge in [-0.25, -0.2) is 0 Å². The fourth-order valence-electron chi connectivity index (χ4n) is 4.70. The molecular weight excluding hydrogens is 426 g/mol. The molecule has 0 radical (unpaired) electrons. The third kappa shape index (κ3) is 4.35. The molecule has 3 aliphatic rings. The van der Waals surface area contributed by atoms with E-state index in [2.05, 4.69) is 34.5 Å². The molecule has 2 fully saturated rings. The number of nitrogens with zero attached hydrogens (tertiary/aromatic N) is 2. The molecule has 0 saturated carbocycles. The Morgan fingerprint density at radius 3 is 2.53 bits per heavy atom. The molecule has 0 bridgehead atoms. The van der Waals surface area contributed by atoms with E-state index in [0.29, 0.717) is 13.0 Å². The van der Waals surface area contributed by atoms with Crippen molar-refractivity contribution in [3.8, 4) is 0 Å². The third-order valence-electron chi connectivity index (χ3n) is 6.56. The van der Waals surface area contributed by atoms with Gasteiger partial charge >= 0.3 is 0 Å². The van der Waals surface area contributed by atoms with E-state index in [1.807, 2.05) is 5.38 Å². The monoisotopic (exact) mass is 453 g/mol. The number of hydrogen-bond acceptors (Lipinski definition) is 6. The summed E-state index contributed by atoms with van der Waals surface area (Å²) in [5.41, 5.74) is 4.37. The van der Waals surface area contributed by atoms with Crippen molar-refractivity contribution in [2.45, 2.75) is 44.8 Å². The first kappa shape index (κ1) is 21.3. The lowest BCUT2D eigenvalue weighted by Crippen LogP contribution is -2.52. The molecular formula is C24H27N3O4S. The molecule has 2 aromatic rings. The number of carbonyl (C=O) groups excluding carboxylic acids is 3. The van der Waals surface area contributed by atoms with Crippen molar-refractivity contribution in [1.82, 2.24) is 15.1 Å². The molecule has 3 aliphatic heterocycles. The van der Waals surface area contributed by atoms with Crippen molar-refractivity contribution >= 4 is 29.1 Å². The average Bonchev–Trinajstić information content (AvgIpc) is 3.34. The minimum atomic E-state index is -0.551. The van der Waals surface area contributed by atoms with E-state index in [9.17, 15) is 14.4 Å². The third-order valence-corrected chi connectivity index (χ3v) is 7.65. The average molecular weight is 454 g/mol. The summed E-state index contributed by atoms with van der Waals surface area (Å²) in [5, 5.41) is 4.28. The second-order valence-corrected chi connectivity index (χ2v) is 9.62. The van der Waals surface area contributed by atoms with Crippen molar-refractivity contribution in [1.29, 1.82) is 0 Å². The van der Waals surface area contributed by atoms with Gasteiger partial charge in [-0.1, -0.05) is 24.3 Å². The van der Waals surface area contributed by atoms with Gasteiger partial charge in [0, 0.05) is 42.9 Å². The zero-order valence-corrected chi connectivity index (χ0v) is 18.8. The number of benzene rings is 1. The Labute approximate surface area is 191 Å². The highest BCUT2D eigenvalue weighted by Gasteiger charge is 2.40. The number of piperidine rings is 1. The molecule has 3 amide bonds. The van der Waals surface area contributed by atoms with E-state index in [1.165, 1.54) is 16.0 Å². The van der Waals surface area contributed by atoms with Crippen molar-refractivity contribution in [3.63, 3.8) is 0 Å². The summed E-state index contributed by atoms with van der Waals surface area (Å²) in [7, 11) is 0. The van der Waals surface area contributed by atoms with Crippen LogP contribution in [0.2, 0.25) is 0 Å². The zero-order chi connectivity index (χ0) is 22.1. The molecule has 168 valence electrons. The molecule has 1 N–H and O–H groups in total. The number of carbonyl (C=O) groups is 3. The highest BCUT2D eigenvalue weighted by Crippen LogP contribution is 2.34. The molecule has 7 nitrogen and oxygen atoms in total. The number of hydrogen-bond donors (Lipinski definition) is 1. The molecule has 1 aromatic heterocycles. The topological polar surface area (TPSA) is 79.0 Å². The van der Waals surface area contributed by atoms with Crippen LogP contribution in [0.5, 0.6) is 0 Å². The van der Waals surface area contributed by atoms with Gasteiger partial charge in [0.15, 0.2) is 0 Å². The largest absolute Gasteiger partial charge is 0.379 e. The number of ether oxygens (including phenoxy) is 1. The summed E-state index contributed by atoms with van der Waals surface area (Å²) in [4.78, 5) is 41.8. The number of thiophene rings is 1. The van der Waals surface area contributed by atoms with E-state index >= 15 is 0 Å². The standard InChI is InChI=1S/C24H27N3O4S/c28-22-8-6-20(23(29)25-22)27-14-18-19(24(27)30)15-32-21(18)7-5-16-1-3-17(4-2-16)13-26-9-11-31-12-10-26/h1-4,15,20H,5-14H2,(H,25,28,29)/t20-/m0/s1. The Morgan fingerprint density at radius 2 is 1.78 bits per heavy atom. The molecule has 0 unspecified atom stereocenters.